The molecule has 23 heavy (non-hydrogen) atoms. The highest BCUT2D eigenvalue weighted by molar-refractivity contribution is 5.94. The quantitative estimate of drug-likeness (QED) is 0.787. The lowest BCUT2D eigenvalue weighted by Crippen LogP contribution is -2.28. The second-order valence-electron chi connectivity index (χ2n) is 6.25. The minimum Gasteiger partial charge on any atom is -0.342 e. The topological polar surface area (TPSA) is 49.0 Å². The van der Waals surface area contributed by atoms with Gasteiger partial charge < -0.3 is 9.88 Å². The van der Waals surface area contributed by atoms with Crippen LogP contribution in [0.4, 0.5) is 0 Å². The number of fused-ring (bicyclic) bond motifs is 1. The van der Waals surface area contributed by atoms with Crippen molar-refractivity contribution in [3.63, 3.8) is 0 Å². The number of H-pyrrole nitrogens is 1. The van der Waals surface area contributed by atoms with Gasteiger partial charge in [0.2, 0.25) is 0 Å². The van der Waals surface area contributed by atoms with E-state index in [1.165, 1.54) is 5.56 Å². The van der Waals surface area contributed by atoms with Gasteiger partial charge in [0.1, 0.15) is 5.82 Å². The summed E-state index contributed by atoms with van der Waals surface area (Å²) in [4.78, 5) is 22.6. The maximum absolute atomic E-state index is 12.5. The van der Waals surface area contributed by atoms with E-state index < -0.39 is 0 Å². The third-order valence-electron chi connectivity index (χ3n) is 4.54. The molecule has 0 radical (unpaired) electrons. The van der Waals surface area contributed by atoms with Crippen LogP contribution in [0.1, 0.15) is 34.1 Å². The number of benzene rings is 2. The highest BCUT2D eigenvalue weighted by atomic mass is 16.2. The number of nitrogens with zero attached hydrogens (tertiary/aromatic N) is 2. The maximum atomic E-state index is 12.5. The van der Waals surface area contributed by atoms with E-state index in [0.29, 0.717) is 0 Å². The Bertz CT molecular complexity index is 853. The summed E-state index contributed by atoms with van der Waals surface area (Å²) < 4.78 is 0. The van der Waals surface area contributed by atoms with E-state index in [1.54, 1.807) is 0 Å². The van der Waals surface area contributed by atoms with Crippen LogP contribution in [0.25, 0.3) is 11.0 Å². The molecular weight excluding hydrogens is 286 g/mol. The molecule has 1 atom stereocenters. The molecule has 1 aliphatic heterocycles. The molecule has 4 heteroatoms. The van der Waals surface area contributed by atoms with Crippen LogP contribution in [0.5, 0.6) is 0 Å². The van der Waals surface area contributed by atoms with Gasteiger partial charge in [0.25, 0.3) is 5.91 Å². The van der Waals surface area contributed by atoms with Gasteiger partial charge in [0.05, 0.1) is 11.0 Å². The Labute approximate surface area is 135 Å². The number of aromatic nitrogens is 2. The molecule has 1 N–H and O–H groups in total. The Morgan fingerprint density at radius 2 is 2.04 bits per heavy atom. The summed E-state index contributed by atoms with van der Waals surface area (Å²) in [5.41, 5.74) is 4.06. The van der Waals surface area contributed by atoms with Crippen LogP contribution in [0, 0.1) is 6.92 Å². The molecule has 1 unspecified atom stereocenters. The van der Waals surface area contributed by atoms with Crippen molar-refractivity contribution in [1.82, 2.24) is 14.9 Å². The van der Waals surface area contributed by atoms with Gasteiger partial charge >= 0.3 is 0 Å². The Kier molecular flexibility index (Phi) is 3.37. The Morgan fingerprint density at radius 1 is 1.22 bits per heavy atom. The number of imidazole rings is 1. The van der Waals surface area contributed by atoms with Gasteiger partial charge in [0.15, 0.2) is 0 Å². The fraction of sp³-hybridized carbons (Fsp3) is 0.263. The normalized spacial score (nSPS) is 17.8. The van der Waals surface area contributed by atoms with Gasteiger partial charge in [-0.15, -0.1) is 0 Å². The molecule has 1 aliphatic rings. The lowest BCUT2D eigenvalue weighted by Gasteiger charge is -2.16. The van der Waals surface area contributed by atoms with E-state index in [2.05, 4.69) is 24.0 Å². The van der Waals surface area contributed by atoms with Crippen LogP contribution in [0.2, 0.25) is 0 Å². The van der Waals surface area contributed by atoms with Crippen molar-refractivity contribution in [2.45, 2.75) is 19.3 Å². The molecule has 1 fully saturated rings. The van der Waals surface area contributed by atoms with Crippen molar-refractivity contribution >= 4 is 16.9 Å². The third kappa shape index (κ3) is 2.61. The summed E-state index contributed by atoms with van der Waals surface area (Å²) >= 11 is 0. The fourth-order valence-electron chi connectivity index (χ4n) is 3.27. The molecule has 4 nitrogen and oxygen atoms in total. The standard InChI is InChI=1S/C19H19N3O/c1-13-7-8-16-17(11-13)21-18(20-16)15-9-10-22(12-15)19(23)14-5-3-2-4-6-14/h2-8,11,15H,9-10,12H2,1H3,(H,20,21). The summed E-state index contributed by atoms with van der Waals surface area (Å²) in [5, 5.41) is 0. The van der Waals surface area contributed by atoms with E-state index in [4.69, 9.17) is 4.98 Å². The minimum absolute atomic E-state index is 0.111. The molecule has 0 saturated carbocycles. The van der Waals surface area contributed by atoms with Crippen molar-refractivity contribution < 1.29 is 4.79 Å². The van der Waals surface area contributed by atoms with E-state index in [0.717, 1.165) is 41.9 Å². The first-order valence-electron chi connectivity index (χ1n) is 8.01. The van der Waals surface area contributed by atoms with E-state index in [9.17, 15) is 4.79 Å². The predicted octanol–water partition coefficient (Wildman–Crippen LogP) is 3.50. The summed E-state index contributed by atoms with van der Waals surface area (Å²) in [6.45, 7) is 3.59. The number of aryl methyl sites for hydroxylation is 1. The smallest absolute Gasteiger partial charge is 0.253 e. The van der Waals surface area contributed by atoms with Crippen LogP contribution in [-0.4, -0.2) is 33.9 Å². The van der Waals surface area contributed by atoms with Gasteiger partial charge in [0, 0.05) is 24.6 Å². The third-order valence-corrected chi connectivity index (χ3v) is 4.54. The second-order valence-corrected chi connectivity index (χ2v) is 6.25. The first kappa shape index (κ1) is 14.0. The van der Waals surface area contributed by atoms with Crippen molar-refractivity contribution in [3.05, 3.63) is 65.5 Å². The summed E-state index contributed by atoms with van der Waals surface area (Å²) in [7, 11) is 0. The number of carbonyl (C=O) groups is 1. The summed E-state index contributed by atoms with van der Waals surface area (Å²) in [5.74, 6) is 1.39. The van der Waals surface area contributed by atoms with Crippen LogP contribution >= 0.6 is 0 Å². The molecule has 116 valence electrons. The summed E-state index contributed by atoms with van der Waals surface area (Å²) in [6.07, 6.45) is 0.956. The van der Waals surface area contributed by atoms with Crippen LogP contribution < -0.4 is 0 Å². The molecule has 2 aromatic carbocycles. The van der Waals surface area contributed by atoms with E-state index in [1.807, 2.05) is 41.3 Å². The van der Waals surface area contributed by atoms with Crippen molar-refractivity contribution in [2.24, 2.45) is 0 Å². The Hall–Kier alpha value is -2.62. The highest BCUT2D eigenvalue weighted by Crippen LogP contribution is 2.28. The zero-order valence-corrected chi connectivity index (χ0v) is 13.1. The molecule has 0 spiro atoms. The number of hydrogen-bond donors (Lipinski definition) is 1. The monoisotopic (exact) mass is 305 g/mol. The number of aromatic amines is 1. The molecular formula is C19H19N3O. The molecule has 1 saturated heterocycles. The van der Waals surface area contributed by atoms with Crippen molar-refractivity contribution in [1.29, 1.82) is 0 Å². The number of likely N-dealkylation sites (tertiary alicyclic amines) is 1. The lowest BCUT2D eigenvalue weighted by molar-refractivity contribution is 0.0790. The molecule has 0 aliphatic carbocycles. The van der Waals surface area contributed by atoms with Gasteiger partial charge in [-0.3, -0.25) is 4.79 Å². The molecule has 0 bridgehead atoms. The highest BCUT2D eigenvalue weighted by Gasteiger charge is 2.29. The van der Waals surface area contributed by atoms with Gasteiger partial charge in [-0.25, -0.2) is 4.98 Å². The van der Waals surface area contributed by atoms with Gasteiger partial charge in [-0.1, -0.05) is 24.3 Å². The first-order valence-corrected chi connectivity index (χ1v) is 8.01. The van der Waals surface area contributed by atoms with Crippen molar-refractivity contribution in [2.75, 3.05) is 13.1 Å². The molecule has 3 aromatic rings. The van der Waals surface area contributed by atoms with Gasteiger partial charge in [-0.05, 0) is 43.2 Å². The number of hydrogen-bond acceptors (Lipinski definition) is 2. The number of carbonyl (C=O) groups excluding carboxylic acids is 1. The average Bonchev–Trinajstić information content (AvgIpc) is 3.21. The first-order chi connectivity index (χ1) is 11.2. The van der Waals surface area contributed by atoms with Crippen LogP contribution in [0.15, 0.2) is 48.5 Å². The second kappa shape index (κ2) is 5.54. The summed E-state index contributed by atoms with van der Waals surface area (Å²) in [6, 6.07) is 15.7. The zero-order chi connectivity index (χ0) is 15.8. The molecule has 1 aromatic heterocycles. The largest absolute Gasteiger partial charge is 0.342 e. The van der Waals surface area contributed by atoms with E-state index >= 15 is 0 Å². The average molecular weight is 305 g/mol. The Balaban J connectivity index is 1.54. The van der Waals surface area contributed by atoms with Crippen LogP contribution in [-0.2, 0) is 0 Å². The van der Waals surface area contributed by atoms with Crippen molar-refractivity contribution in [3.8, 4) is 0 Å². The minimum atomic E-state index is 0.111. The predicted molar refractivity (Wildman–Crippen MR) is 90.5 cm³/mol. The zero-order valence-electron chi connectivity index (χ0n) is 13.1. The number of nitrogens with one attached hydrogen (secondary N) is 1. The van der Waals surface area contributed by atoms with Gasteiger partial charge in [-0.2, -0.15) is 0 Å². The maximum Gasteiger partial charge on any atom is 0.253 e. The molecule has 2 heterocycles. The fourth-order valence-corrected chi connectivity index (χ4v) is 3.27. The Morgan fingerprint density at radius 3 is 2.87 bits per heavy atom. The SMILES string of the molecule is Cc1ccc2nc(C3CCN(C(=O)c4ccccc4)C3)[nH]c2c1. The molecule has 4 rings (SSSR count). The van der Waals surface area contributed by atoms with E-state index in [-0.39, 0.29) is 11.8 Å². The molecule has 1 amide bonds. The number of rotatable bonds is 2. The lowest BCUT2D eigenvalue weighted by atomic mass is 10.1. The van der Waals surface area contributed by atoms with Crippen LogP contribution in [0.3, 0.4) is 0 Å². The number of amides is 1.